The number of likely N-dealkylation sites (tertiary alicyclic amines) is 1. The smallest absolute Gasteiger partial charge is 0.326 e. The van der Waals surface area contributed by atoms with Crippen LogP contribution in [0.25, 0.3) is 0 Å². The summed E-state index contributed by atoms with van der Waals surface area (Å²) in [7, 11) is 1.64. The molecule has 1 rings (SSSR count). The summed E-state index contributed by atoms with van der Waals surface area (Å²) in [5.41, 5.74) is 0. The fourth-order valence-corrected chi connectivity index (χ4v) is 2.10. The number of β-amino-alcohol motifs (C(OH)–C–C–N with tert-alkyl or cyclic N) is 1. The van der Waals surface area contributed by atoms with Gasteiger partial charge in [0.1, 0.15) is 6.04 Å². The van der Waals surface area contributed by atoms with E-state index < -0.39 is 18.1 Å². The van der Waals surface area contributed by atoms with E-state index in [1.807, 2.05) is 13.8 Å². The lowest BCUT2D eigenvalue weighted by Gasteiger charge is -2.28. The van der Waals surface area contributed by atoms with Crippen LogP contribution in [0.2, 0.25) is 0 Å². The van der Waals surface area contributed by atoms with Gasteiger partial charge in [0.2, 0.25) is 0 Å². The minimum absolute atomic E-state index is 0.0955. The van der Waals surface area contributed by atoms with Crippen molar-refractivity contribution in [3.63, 3.8) is 0 Å². The molecule has 17 heavy (non-hydrogen) atoms. The molecule has 1 saturated heterocycles. The van der Waals surface area contributed by atoms with Crippen molar-refractivity contribution < 1.29 is 19.8 Å². The summed E-state index contributed by atoms with van der Waals surface area (Å²) in [5, 5.41) is 18.4. The monoisotopic (exact) mass is 244 g/mol. The second kappa shape index (κ2) is 5.35. The molecule has 0 aliphatic carbocycles. The highest BCUT2D eigenvalue weighted by atomic mass is 16.4. The highest BCUT2D eigenvalue weighted by Gasteiger charge is 2.39. The predicted molar refractivity (Wildman–Crippen MR) is 61.6 cm³/mol. The van der Waals surface area contributed by atoms with E-state index in [0.717, 1.165) is 0 Å². The molecule has 1 heterocycles. The molecule has 0 radical (unpaired) electrons. The summed E-state index contributed by atoms with van der Waals surface area (Å²) in [5.74, 6) is -0.743. The molecule has 1 aliphatic heterocycles. The number of aliphatic hydroxyl groups excluding tert-OH is 1. The van der Waals surface area contributed by atoms with Crippen molar-refractivity contribution in [1.29, 1.82) is 0 Å². The zero-order valence-electron chi connectivity index (χ0n) is 10.5. The number of carboxylic acid groups (broad SMARTS) is 1. The fourth-order valence-electron chi connectivity index (χ4n) is 2.10. The molecule has 6 nitrogen and oxygen atoms in total. The number of carbonyl (C=O) groups excluding carboxylic acids is 1. The van der Waals surface area contributed by atoms with Crippen molar-refractivity contribution >= 4 is 12.0 Å². The fraction of sp³-hybridized carbons (Fsp3) is 0.818. The second-order valence-electron chi connectivity index (χ2n) is 4.95. The molecule has 6 heteroatoms. The Balaban J connectivity index is 2.70. The van der Waals surface area contributed by atoms with E-state index in [0.29, 0.717) is 12.5 Å². The first-order valence-electron chi connectivity index (χ1n) is 5.75. The zero-order valence-corrected chi connectivity index (χ0v) is 10.5. The van der Waals surface area contributed by atoms with Crippen LogP contribution in [0, 0.1) is 5.92 Å². The number of hydrogen-bond donors (Lipinski definition) is 2. The van der Waals surface area contributed by atoms with Gasteiger partial charge in [-0.05, 0) is 5.92 Å². The molecule has 0 spiro atoms. The molecule has 2 unspecified atom stereocenters. The average Bonchev–Trinajstić information content (AvgIpc) is 2.58. The summed E-state index contributed by atoms with van der Waals surface area (Å²) in [4.78, 5) is 25.7. The van der Waals surface area contributed by atoms with Gasteiger partial charge in [-0.2, -0.15) is 0 Å². The molecule has 0 aromatic rings. The van der Waals surface area contributed by atoms with Gasteiger partial charge in [0.25, 0.3) is 0 Å². The molecular formula is C11H20N2O4. The Hall–Kier alpha value is -1.30. The van der Waals surface area contributed by atoms with Crippen LogP contribution in [0.3, 0.4) is 0 Å². The Bertz CT molecular complexity index is 306. The summed E-state index contributed by atoms with van der Waals surface area (Å²) in [6, 6.07) is -1.24. The molecule has 1 fully saturated rings. The van der Waals surface area contributed by atoms with E-state index in [9.17, 15) is 14.7 Å². The Morgan fingerprint density at radius 3 is 2.53 bits per heavy atom. The number of hydrogen-bond acceptors (Lipinski definition) is 3. The van der Waals surface area contributed by atoms with Gasteiger partial charge >= 0.3 is 12.0 Å². The first-order chi connectivity index (χ1) is 7.82. The third-order valence-corrected chi connectivity index (χ3v) is 2.78. The van der Waals surface area contributed by atoms with Crippen LogP contribution in [-0.2, 0) is 4.79 Å². The first-order valence-corrected chi connectivity index (χ1v) is 5.75. The highest BCUT2D eigenvalue weighted by Crippen LogP contribution is 2.19. The molecule has 2 N–H and O–H groups in total. The maximum absolute atomic E-state index is 12.0. The molecule has 0 saturated carbocycles. The van der Waals surface area contributed by atoms with E-state index in [1.54, 1.807) is 7.05 Å². The van der Waals surface area contributed by atoms with Crippen LogP contribution in [0.4, 0.5) is 4.79 Å². The standard InChI is InChI=1S/C11H20N2O4/c1-7(2)5-12(3)11(17)13-6-8(14)4-9(13)10(15)16/h7-9,14H,4-6H2,1-3H3,(H,15,16). The maximum Gasteiger partial charge on any atom is 0.326 e. The van der Waals surface area contributed by atoms with Crippen molar-refractivity contribution in [2.45, 2.75) is 32.4 Å². The highest BCUT2D eigenvalue weighted by molar-refractivity contribution is 5.83. The molecule has 2 amide bonds. The largest absolute Gasteiger partial charge is 0.480 e. The van der Waals surface area contributed by atoms with E-state index in [2.05, 4.69) is 0 Å². The average molecular weight is 244 g/mol. The number of aliphatic carboxylic acids is 1. The number of urea groups is 1. The van der Waals surface area contributed by atoms with Crippen molar-refractivity contribution in [2.75, 3.05) is 20.1 Å². The molecule has 98 valence electrons. The van der Waals surface area contributed by atoms with Gasteiger partial charge in [-0.1, -0.05) is 13.8 Å². The Morgan fingerprint density at radius 2 is 2.06 bits per heavy atom. The number of rotatable bonds is 3. The SMILES string of the molecule is CC(C)CN(C)C(=O)N1CC(O)CC1C(=O)O. The topological polar surface area (TPSA) is 81.1 Å². The minimum Gasteiger partial charge on any atom is -0.480 e. The Morgan fingerprint density at radius 1 is 1.47 bits per heavy atom. The summed E-state index contributed by atoms with van der Waals surface area (Å²) in [6.45, 7) is 4.63. The van der Waals surface area contributed by atoms with Gasteiger partial charge in [-0.25, -0.2) is 9.59 Å². The molecule has 0 bridgehead atoms. The number of nitrogens with zero attached hydrogens (tertiary/aromatic N) is 2. The van der Waals surface area contributed by atoms with E-state index in [4.69, 9.17) is 5.11 Å². The van der Waals surface area contributed by atoms with Crippen molar-refractivity contribution in [2.24, 2.45) is 5.92 Å². The maximum atomic E-state index is 12.0. The number of aliphatic hydroxyl groups is 1. The zero-order chi connectivity index (χ0) is 13.2. The molecule has 2 atom stereocenters. The van der Waals surface area contributed by atoms with Crippen LogP contribution in [0.15, 0.2) is 0 Å². The normalized spacial score (nSPS) is 24.2. The molecule has 0 aromatic carbocycles. The van der Waals surface area contributed by atoms with Crippen molar-refractivity contribution in [3.8, 4) is 0 Å². The molecule has 1 aliphatic rings. The van der Waals surface area contributed by atoms with E-state index in [1.165, 1.54) is 9.80 Å². The van der Waals surface area contributed by atoms with Gasteiger partial charge in [0.05, 0.1) is 6.10 Å². The third kappa shape index (κ3) is 3.33. The summed E-state index contributed by atoms with van der Waals surface area (Å²) < 4.78 is 0. The number of carbonyl (C=O) groups is 2. The van der Waals surface area contributed by atoms with Crippen LogP contribution >= 0.6 is 0 Å². The van der Waals surface area contributed by atoms with Gasteiger partial charge in [-0.3, -0.25) is 0 Å². The van der Waals surface area contributed by atoms with Gasteiger partial charge in [-0.15, -0.1) is 0 Å². The summed E-state index contributed by atoms with van der Waals surface area (Å²) in [6.07, 6.45) is -0.635. The number of amides is 2. The van der Waals surface area contributed by atoms with Crippen LogP contribution < -0.4 is 0 Å². The van der Waals surface area contributed by atoms with E-state index in [-0.39, 0.29) is 19.0 Å². The second-order valence-corrected chi connectivity index (χ2v) is 4.95. The van der Waals surface area contributed by atoms with Crippen molar-refractivity contribution in [3.05, 3.63) is 0 Å². The molecule has 0 aromatic heterocycles. The van der Waals surface area contributed by atoms with Gasteiger partial charge < -0.3 is 20.0 Å². The van der Waals surface area contributed by atoms with Crippen LogP contribution in [0.5, 0.6) is 0 Å². The van der Waals surface area contributed by atoms with Gasteiger partial charge in [0.15, 0.2) is 0 Å². The Kier molecular flexibility index (Phi) is 4.34. The molecular weight excluding hydrogens is 224 g/mol. The number of carboxylic acids is 1. The quantitative estimate of drug-likeness (QED) is 0.744. The predicted octanol–water partition coefficient (Wildman–Crippen LogP) is 0.214. The lowest BCUT2D eigenvalue weighted by molar-refractivity contribution is -0.141. The van der Waals surface area contributed by atoms with Gasteiger partial charge in [0, 0.05) is 26.6 Å². The minimum atomic E-state index is -1.06. The van der Waals surface area contributed by atoms with Crippen molar-refractivity contribution in [1.82, 2.24) is 9.80 Å². The van der Waals surface area contributed by atoms with Crippen LogP contribution in [-0.4, -0.2) is 64.3 Å². The van der Waals surface area contributed by atoms with E-state index >= 15 is 0 Å². The first kappa shape index (κ1) is 13.8. The lowest BCUT2D eigenvalue weighted by Crippen LogP contribution is -2.47. The Labute approximate surface area is 101 Å². The summed E-state index contributed by atoms with van der Waals surface area (Å²) >= 11 is 0. The van der Waals surface area contributed by atoms with Crippen LogP contribution in [0.1, 0.15) is 20.3 Å². The lowest BCUT2D eigenvalue weighted by atomic mass is 10.2. The third-order valence-electron chi connectivity index (χ3n) is 2.78.